The molecule has 4 rings (SSSR count). The first-order chi connectivity index (χ1) is 15.4. The van der Waals surface area contributed by atoms with Crippen LogP contribution in [-0.4, -0.2) is 46.4 Å². The molecule has 1 saturated heterocycles. The molecule has 0 spiro atoms. The van der Waals surface area contributed by atoms with E-state index in [1.807, 2.05) is 24.3 Å². The fourth-order valence-electron chi connectivity index (χ4n) is 3.94. The zero-order valence-corrected chi connectivity index (χ0v) is 18.2. The van der Waals surface area contributed by atoms with Crippen LogP contribution in [0.3, 0.4) is 0 Å². The summed E-state index contributed by atoms with van der Waals surface area (Å²) in [7, 11) is -3.92. The minimum Gasteiger partial charge on any atom is -0.457 e. The van der Waals surface area contributed by atoms with E-state index >= 15 is 0 Å². The van der Waals surface area contributed by atoms with Crippen molar-refractivity contribution in [1.29, 1.82) is 0 Å². The van der Waals surface area contributed by atoms with Crippen molar-refractivity contribution < 1.29 is 23.2 Å². The second kappa shape index (κ2) is 9.11. The number of hydrogen-bond acceptors (Lipinski definition) is 6. The molecule has 2 unspecified atom stereocenters. The molecule has 2 aromatic carbocycles. The number of hydrogen-bond donors (Lipinski definition) is 3. The Kier molecular flexibility index (Phi) is 6.26. The van der Waals surface area contributed by atoms with Crippen molar-refractivity contribution in [2.75, 3.05) is 6.54 Å². The van der Waals surface area contributed by atoms with Crippen LogP contribution in [0, 0.1) is 5.92 Å². The van der Waals surface area contributed by atoms with Crippen LogP contribution in [0.25, 0.3) is 11.3 Å². The molecule has 0 radical (unpaired) electrons. The van der Waals surface area contributed by atoms with E-state index in [0.717, 1.165) is 15.6 Å². The van der Waals surface area contributed by atoms with E-state index in [1.54, 1.807) is 37.1 Å². The summed E-state index contributed by atoms with van der Waals surface area (Å²) in [4.78, 5) is 19.2. The number of aromatic nitrogens is 2. The number of benzene rings is 2. The SMILES string of the molecule is CC1CCCN(S(=O)(=O)c2ccc(Oc3ccc(-c4cnc[nH]4)cc3)cc2)C1C(=O)NO. The maximum absolute atomic E-state index is 13.2. The van der Waals surface area contributed by atoms with Gasteiger partial charge in [0.2, 0.25) is 10.0 Å². The Hall–Kier alpha value is -3.21. The van der Waals surface area contributed by atoms with E-state index in [4.69, 9.17) is 9.94 Å². The van der Waals surface area contributed by atoms with Gasteiger partial charge in [0.05, 0.1) is 23.1 Å². The molecule has 10 heteroatoms. The summed E-state index contributed by atoms with van der Waals surface area (Å²) in [6.45, 7) is 2.02. The van der Waals surface area contributed by atoms with Crippen molar-refractivity contribution in [3.8, 4) is 22.8 Å². The van der Waals surface area contributed by atoms with Crippen LogP contribution in [0.2, 0.25) is 0 Å². The van der Waals surface area contributed by atoms with Gasteiger partial charge in [-0.15, -0.1) is 0 Å². The molecule has 0 bridgehead atoms. The largest absolute Gasteiger partial charge is 0.457 e. The zero-order chi connectivity index (χ0) is 22.7. The predicted octanol–water partition coefficient (Wildman–Crippen LogP) is 3.16. The van der Waals surface area contributed by atoms with Crippen LogP contribution in [0.1, 0.15) is 19.8 Å². The van der Waals surface area contributed by atoms with Gasteiger partial charge in [0.15, 0.2) is 0 Å². The first kappa shape index (κ1) is 22.0. The van der Waals surface area contributed by atoms with E-state index in [1.165, 1.54) is 12.1 Å². The third-order valence-electron chi connectivity index (χ3n) is 5.60. The molecule has 1 aliphatic rings. The number of H-pyrrole nitrogens is 1. The van der Waals surface area contributed by atoms with Gasteiger partial charge in [-0.3, -0.25) is 10.0 Å². The van der Waals surface area contributed by atoms with E-state index in [2.05, 4.69) is 9.97 Å². The number of nitrogens with one attached hydrogen (secondary N) is 2. The molecular formula is C22H24N4O5S. The quantitative estimate of drug-likeness (QED) is 0.387. The number of sulfonamides is 1. The van der Waals surface area contributed by atoms with Gasteiger partial charge in [-0.05, 0) is 72.9 Å². The number of nitrogens with zero attached hydrogens (tertiary/aromatic N) is 2. The Balaban J connectivity index is 1.50. The van der Waals surface area contributed by atoms with E-state index in [-0.39, 0.29) is 17.4 Å². The highest BCUT2D eigenvalue weighted by molar-refractivity contribution is 7.89. The maximum atomic E-state index is 13.2. The molecule has 168 valence electrons. The van der Waals surface area contributed by atoms with Crippen molar-refractivity contribution in [3.05, 3.63) is 61.1 Å². The van der Waals surface area contributed by atoms with E-state index in [0.29, 0.717) is 24.3 Å². The molecule has 1 amide bonds. The summed E-state index contributed by atoms with van der Waals surface area (Å²) < 4.78 is 33.4. The third-order valence-corrected chi connectivity index (χ3v) is 7.49. The maximum Gasteiger partial charge on any atom is 0.262 e. The molecule has 1 fully saturated rings. The Morgan fingerprint density at radius 2 is 1.81 bits per heavy atom. The number of carbonyl (C=O) groups excluding carboxylic acids is 1. The lowest BCUT2D eigenvalue weighted by Crippen LogP contribution is -2.54. The van der Waals surface area contributed by atoms with Crippen LogP contribution < -0.4 is 10.2 Å². The minimum absolute atomic E-state index is 0.0595. The van der Waals surface area contributed by atoms with Gasteiger partial charge in [-0.2, -0.15) is 4.31 Å². The average Bonchev–Trinajstić information content (AvgIpc) is 3.34. The van der Waals surface area contributed by atoms with Gasteiger partial charge in [0.25, 0.3) is 5.91 Å². The number of hydroxylamine groups is 1. The molecule has 32 heavy (non-hydrogen) atoms. The van der Waals surface area contributed by atoms with Crippen molar-refractivity contribution in [2.45, 2.75) is 30.7 Å². The Morgan fingerprint density at radius 1 is 1.16 bits per heavy atom. The van der Waals surface area contributed by atoms with Gasteiger partial charge in [0.1, 0.15) is 17.5 Å². The second-order valence-corrected chi connectivity index (χ2v) is 9.61. The summed E-state index contributed by atoms with van der Waals surface area (Å²) in [5, 5.41) is 9.06. The smallest absolute Gasteiger partial charge is 0.262 e. The molecule has 2 heterocycles. The molecule has 1 aromatic heterocycles. The number of imidazole rings is 1. The summed E-state index contributed by atoms with van der Waals surface area (Å²) >= 11 is 0. The number of rotatable bonds is 6. The van der Waals surface area contributed by atoms with Gasteiger partial charge < -0.3 is 9.72 Å². The van der Waals surface area contributed by atoms with Gasteiger partial charge in [-0.25, -0.2) is 18.9 Å². The average molecular weight is 457 g/mol. The van der Waals surface area contributed by atoms with Crippen LogP contribution in [0.15, 0.2) is 66.0 Å². The van der Waals surface area contributed by atoms with Crippen LogP contribution >= 0.6 is 0 Å². The molecule has 0 aliphatic carbocycles. The lowest BCUT2D eigenvalue weighted by molar-refractivity contribution is -0.135. The van der Waals surface area contributed by atoms with Crippen LogP contribution in [0.4, 0.5) is 0 Å². The lowest BCUT2D eigenvalue weighted by atomic mass is 9.92. The van der Waals surface area contributed by atoms with Crippen molar-refractivity contribution in [1.82, 2.24) is 19.8 Å². The summed E-state index contributed by atoms with van der Waals surface area (Å²) in [6, 6.07) is 12.5. The topological polar surface area (TPSA) is 125 Å². The lowest BCUT2D eigenvalue weighted by Gasteiger charge is -2.37. The standard InChI is InChI=1S/C22H24N4O5S/c1-15-3-2-12-26(21(15)22(27)25-28)32(29,30)19-10-8-18(9-11-19)31-17-6-4-16(5-7-17)20-13-23-14-24-20/h4-11,13-15,21,28H,2-3,12H2,1H3,(H,23,24)(H,25,27). The van der Waals surface area contributed by atoms with Gasteiger partial charge in [0, 0.05) is 6.54 Å². The fourth-order valence-corrected chi connectivity index (χ4v) is 5.67. The predicted molar refractivity (Wildman–Crippen MR) is 117 cm³/mol. The van der Waals surface area contributed by atoms with E-state index in [9.17, 15) is 13.2 Å². The number of aromatic amines is 1. The first-order valence-corrected chi connectivity index (χ1v) is 11.7. The third kappa shape index (κ3) is 4.38. The molecule has 3 aromatic rings. The number of carbonyl (C=O) groups is 1. The highest BCUT2D eigenvalue weighted by Crippen LogP contribution is 2.31. The van der Waals surface area contributed by atoms with Crippen molar-refractivity contribution in [2.24, 2.45) is 5.92 Å². The number of piperidine rings is 1. The molecule has 2 atom stereocenters. The Labute approximate surface area is 186 Å². The monoisotopic (exact) mass is 456 g/mol. The number of ether oxygens (including phenoxy) is 1. The first-order valence-electron chi connectivity index (χ1n) is 10.2. The zero-order valence-electron chi connectivity index (χ0n) is 17.4. The normalized spacial score (nSPS) is 19.4. The minimum atomic E-state index is -3.92. The molecular weight excluding hydrogens is 432 g/mol. The van der Waals surface area contributed by atoms with Gasteiger partial charge in [-0.1, -0.05) is 6.92 Å². The van der Waals surface area contributed by atoms with Crippen LogP contribution in [-0.2, 0) is 14.8 Å². The fraction of sp³-hybridized carbons (Fsp3) is 0.273. The van der Waals surface area contributed by atoms with Crippen molar-refractivity contribution in [3.63, 3.8) is 0 Å². The molecule has 1 aliphatic heterocycles. The highest BCUT2D eigenvalue weighted by Gasteiger charge is 2.41. The molecule has 9 nitrogen and oxygen atoms in total. The number of amides is 1. The second-order valence-electron chi connectivity index (χ2n) is 7.72. The molecule has 3 N–H and O–H groups in total. The summed E-state index contributed by atoms with van der Waals surface area (Å²) in [5.74, 6) is 0.153. The Bertz CT molecular complexity index is 1160. The molecule has 0 saturated carbocycles. The Morgan fingerprint density at radius 3 is 2.41 bits per heavy atom. The van der Waals surface area contributed by atoms with E-state index < -0.39 is 22.0 Å². The summed E-state index contributed by atoms with van der Waals surface area (Å²) in [6.07, 6.45) is 4.69. The summed E-state index contributed by atoms with van der Waals surface area (Å²) in [5.41, 5.74) is 3.46. The highest BCUT2D eigenvalue weighted by atomic mass is 32.2. The van der Waals surface area contributed by atoms with Gasteiger partial charge >= 0.3 is 0 Å². The van der Waals surface area contributed by atoms with Crippen molar-refractivity contribution >= 4 is 15.9 Å². The van der Waals surface area contributed by atoms with Crippen LogP contribution in [0.5, 0.6) is 11.5 Å².